The van der Waals surface area contributed by atoms with Crippen molar-refractivity contribution in [3.05, 3.63) is 29.8 Å². The van der Waals surface area contributed by atoms with Crippen molar-refractivity contribution in [3.8, 4) is 6.07 Å². The molecule has 2 rings (SSSR count). The van der Waals surface area contributed by atoms with Gasteiger partial charge >= 0.3 is 6.03 Å². The van der Waals surface area contributed by atoms with Gasteiger partial charge in [0.25, 0.3) is 0 Å². The van der Waals surface area contributed by atoms with Crippen molar-refractivity contribution in [3.63, 3.8) is 0 Å². The molecule has 1 aliphatic rings. The number of hydrogen-bond donors (Lipinski definition) is 2. The van der Waals surface area contributed by atoms with E-state index in [0.717, 1.165) is 26.2 Å². The molecule has 0 aliphatic carbocycles. The van der Waals surface area contributed by atoms with Gasteiger partial charge in [-0.2, -0.15) is 5.26 Å². The number of piperazine rings is 1. The van der Waals surface area contributed by atoms with E-state index in [-0.39, 0.29) is 6.03 Å². The third-order valence-electron chi connectivity index (χ3n) is 2.67. The van der Waals surface area contributed by atoms with Crippen LogP contribution in [0, 0.1) is 11.3 Å². The molecule has 1 aromatic carbocycles. The fourth-order valence-electron chi connectivity index (χ4n) is 1.70. The highest BCUT2D eigenvalue weighted by Gasteiger charge is 2.15. The first-order valence-corrected chi connectivity index (χ1v) is 5.56. The Kier molecular flexibility index (Phi) is 3.58. The number of nitrogens with one attached hydrogen (secondary N) is 2. The van der Waals surface area contributed by atoms with Crippen molar-refractivity contribution in [2.24, 2.45) is 0 Å². The van der Waals surface area contributed by atoms with Crippen LogP contribution < -0.4 is 10.6 Å². The largest absolute Gasteiger partial charge is 0.322 e. The number of benzene rings is 1. The van der Waals surface area contributed by atoms with Gasteiger partial charge in [0.05, 0.1) is 11.6 Å². The maximum atomic E-state index is 11.8. The number of amides is 2. The van der Waals surface area contributed by atoms with E-state index >= 15 is 0 Å². The summed E-state index contributed by atoms with van der Waals surface area (Å²) in [4.78, 5) is 13.6. The lowest BCUT2D eigenvalue weighted by atomic mass is 10.2. The SMILES string of the molecule is N#Cc1ccc(NC(=O)N2CCNCC2)cc1. The molecule has 17 heavy (non-hydrogen) atoms. The molecule has 5 heteroatoms. The Labute approximate surface area is 100 Å². The van der Waals surface area contributed by atoms with E-state index in [1.165, 1.54) is 0 Å². The van der Waals surface area contributed by atoms with Gasteiger partial charge in [-0.05, 0) is 24.3 Å². The van der Waals surface area contributed by atoms with Crippen molar-refractivity contribution >= 4 is 11.7 Å². The number of nitriles is 1. The molecule has 1 saturated heterocycles. The first-order chi connectivity index (χ1) is 8.29. The third-order valence-corrected chi connectivity index (χ3v) is 2.67. The van der Waals surface area contributed by atoms with E-state index in [2.05, 4.69) is 10.6 Å². The number of carbonyl (C=O) groups excluding carboxylic acids is 1. The summed E-state index contributed by atoms with van der Waals surface area (Å²) in [6.07, 6.45) is 0. The van der Waals surface area contributed by atoms with Crippen LogP contribution in [0.25, 0.3) is 0 Å². The van der Waals surface area contributed by atoms with E-state index < -0.39 is 0 Å². The Bertz CT molecular complexity index is 429. The molecular formula is C12H14N4O. The summed E-state index contributed by atoms with van der Waals surface area (Å²) in [5.74, 6) is 0. The van der Waals surface area contributed by atoms with Crippen molar-refractivity contribution in [1.82, 2.24) is 10.2 Å². The molecule has 2 N–H and O–H groups in total. The minimum Gasteiger partial charge on any atom is -0.322 e. The maximum Gasteiger partial charge on any atom is 0.321 e. The summed E-state index contributed by atoms with van der Waals surface area (Å²) in [6, 6.07) is 8.80. The zero-order valence-corrected chi connectivity index (χ0v) is 9.44. The van der Waals surface area contributed by atoms with Gasteiger partial charge in [0, 0.05) is 31.9 Å². The van der Waals surface area contributed by atoms with Crippen LogP contribution in [0.3, 0.4) is 0 Å². The van der Waals surface area contributed by atoms with Gasteiger partial charge in [-0.1, -0.05) is 0 Å². The van der Waals surface area contributed by atoms with Crippen LogP contribution in [-0.4, -0.2) is 37.1 Å². The number of nitrogens with zero attached hydrogens (tertiary/aromatic N) is 2. The van der Waals surface area contributed by atoms with Crippen molar-refractivity contribution in [2.45, 2.75) is 0 Å². The molecule has 0 bridgehead atoms. The van der Waals surface area contributed by atoms with Crippen molar-refractivity contribution < 1.29 is 4.79 Å². The molecule has 1 aromatic rings. The molecular weight excluding hydrogens is 216 g/mol. The lowest BCUT2D eigenvalue weighted by Crippen LogP contribution is -2.48. The van der Waals surface area contributed by atoms with Gasteiger partial charge in [0.15, 0.2) is 0 Å². The van der Waals surface area contributed by atoms with Gasteiger partial charge < -0.3 is 15.5 Å². The number of anilines is 1. The molecule has 0 unspecified atom stereocenters. The van der Waals surface area contributed by atoms with E-state index in [1.807, 2.05) is 6.07 Å². The van der Waals surface area contributed by atoms with E-state index in [4.69, 9.17) is 5.26 Å². The molecule has 1 fully saturated rings. The Morgan fingerprint density at radius 1 is 1.29 bits per heavy atom. The third kappa shape index (κ3) is 2.95. The second-order valence-electron chi connectivity index (χ2n) is 3.86. The lowest BCUT2D eigenvalue weighted by molar-refractivity contribution is 0.204. The van der Waals surface area contributed by atoms with Gasteiger partial charge in [0.2, 0.25) is 0 Å². The van der Waals surface area contributed by atoms with Crippen LogP contribution in [0.4, 0.5) is 10.5 Å². The quantitative estimate of drug-likeness (QED) is 0.756. The summed E-state index contributed by atoms with van der Waals surface area (Å²) in [5, 5.41) is 14.7. The number of carbonyl (C=O) groups is 1. The second kappa shape index (κ2) is 5.32. The fourth-order valence-corrected chi connectivity index (χ4v) is 1.70. The molecule has 88 valence electrons. The molecule has 0 saturated carbocycles. The topological polar surface area (TPSA) is 68.2 Å². The monoisotopic (exact) mass is 230 g/mol. The van der Waals surface area contributed by atoms with Gasteiger partial charge in [0.1, 0.15) is 0 Å². The van der Waals surface area contributed by atoms with Crippen LogP contribution in [0.2, 0.25) is 0 Å². The highest BCUT2D eigenvalue weighted by atomic mass is 16.2. The number of hydrogen-bond acceptors (Lipinski definition) is 3. The highest BCUT2D eigenvalue weighted by molar-refractivity contribution is 5.89. The van der Waals surface area contributed by atoms with Gasteiger partial charge in [-0.3, -0.25) is 0 Å². The molecule has 2 amide bonds. The molecule has 0 atom stereocenters. The molecule has 0 aromatic heterocycles. The standard InChI is InChI=1S/C12H14N4O/c13-9-10-1-3-11(4-2-10)15-12(17)16-7-5-14-6-8-16/h1-4,14H,5-8H2,(H,15,17). The zero-order valence-electron chi connectivity index (χ0n) is 9.44. The average Bonchev–Trinajstić information content (AvgIpc) is 2.40. The minimum atomic E-state index is -0.0868. The van der Waals surface area contributed by atoms with E-state index in [1.54, 1.807) is 29.2 Å². The van der Waals surface area contributed by atoms with Crippen LogP contribution in [0.15, 0.2) is 24.3 Å². The predicted molar refractivity (Wildman–Crippen MR) is 64.6 cm³/mol. The Morgan fingerprint density at radius 3 is 2.53 bits per heavy atom. The summed E-state index contributed by atoms with van der Waals surface area (Å²) in [7, 11) is 0. The highest BCUT2D eigenvalue weighted by Crippen LogP contribution is 2.09. The summed E-state index contributed by atoms with van der Waals surface area (Å²) >= 11 is 0. The van der Waals surface area contributed by atoms with Crippen LogP contribution in [0.1, 0.15) is 5.56 Å². The van der Waals surface area contributed by atoms with Crippen molar-refractivity contribution in [1.29, 1.82) is 5.26 Å². The van der Waals surface area contributed by atoms with Gasteiger partial charge in [-0.25, -0.2) is 4.79 Å². The second-order valence-corrected chi connectivity index (χ2v) is 3.86. The van der Waals surface area contributed by atoms with Gasteiger partial charge in [-0.15, -0.1) is 0 Å². The summed E-state index contributed by atoms with van der Waals surface area (Å²) in [5.41, 5.74) is 1.30. The minimum absolute atomic E-state index is 0.0868. The zero-order chi connectivity index (χ0) is 12.1. The summed E-state index contributed by atoms with van der Waals surface area (Å²) < 4.78 is 0. The Balaban J connectivity index is 1.95. The summed E-state index contributed by atoms with van der Waals surface area (Å²) in [6.45, 7) is 3.12. The van der Waals surface area contributed by atoms with Crippen LogP contribution in [0.5, 0.6) is 0 Å². The van der Waals surface area contributed by atoms with Crippen molar-refractivity contribution in [2.75, 3.05) is 31.5 Å². The smallest absolute Gasteiger partial charge is 0.321 e. The first kappa shape index (κ1) is 11.4. The lowest BCUT2D eigenvalue weighted by Gasteiger charge is -2.27. The number of urea groups is 1. The average molecular weight is 230 g/mol. The first-order valence-electron chi connectivity index (χ1n) is 5.56. The van der Waals surface area contributed by atoms with Crippen LogP contribution in [-0.2, 0) is 0 Å². The molecule has 0 radical (unpaired) electrons. The predicted octanol–water partition coefficient (Wildman–Crippen LogP) is 0.995. The molecule has 0 spiro atoms. The fraction of sp³-hybridized carbons (Fsp3) is 0.333. The molecule has 5 nitrogen and oxygen atoms in total. The normalized spacial score (nSPS) is 15.1. The maximum absolute atomic E-state index is 11.8. The Morgan fingerprint density at radius 2 is 1.94 bits per heavy atom. The van der Waals surface area contributed by atoms with Crippen LogP contribution >= 0.6 is 0 Å². The molecule has 1 aliphatic heterocycles. The van der Waals surface area contributed by atoms with E-state index in [0.29, 0.717) is 11.3 Å². The Hall–Kier alpha value is -2.06. The molecule has 1 heterocycles. The van der Waals surface area contributed by atoms with E-state index in [9.17, 15) is 4.79 Å². The number of rotatable bonds is 1.